The number of carbonyl (C=O) groups is 2. The Balaban J connectivity index is 2.14. The highest BCUT2D eigenvalue weighted by molar-refractivity contribution is 7.09. The number of likely N-dealkylation sites (N-methyl/N-ethyl adjacent to an activating group) is 1. The molecule has 2 rings (SSSR count). The molecule has 2 amide bonds. The van der Waals surface area contributed by atoms with E-state index in [9.17, 15) is 9.59 Å². The van der Waals surface area contributed by atoms with Crippen LogP contribution in [0.5, 0.6) is 0 Å². The molecule has 0 atom stereocenters. The first-order valence-electron chi connectivity index (χ1n) is 5.79. The predicted octanol–water partition coefficient (Wildman–Crippen LogP) is 1.16. The van der Waals surface area contributed by atoms with Crippen LogP contribution in [0.2, 0.25) is 0 Å². The molecule has 0 radical (unpaired) electrons. The summed E-state index contributed by atoms with van der Waals surface area (Å²) in [5, 5.41) is 2.00. The minimum atomic E-state index is -0.521. The number of rotatable bonds is 5. The van der Waals surface area contributed by atoms with Gasteiger partial charge in [0.2, 0.25) is 5.91 Å². The molecule has 0 aliphatic carbocycles. The van der Waals surface area contributed by atoms with Gasteiger partial charge in [-0.3, -0.25) is 9.59 Å². The van der Waals surface area contributed by atoms with Gasteiger partial charge in [0.15, 0.2) is 0 Å². The van der Waals surface area contributed by atoms with Crippen molar-refractivity contribution >= 4 is 23.2 Å². The first kappa shape index (κ1) is 13.4. The summed E-state index contributed by atoms with van der Waals surface area (Å²) in [6.07, 6.45) is 1.85. The molecule has 19 heavy (non-hydrogen) atoms. The second kappa shape index (κ2) is 5.71. The van der Waals surface area contributed by atoms with Gasteiger partial charge < -0.3 is 15.2 Å². The monoisotopic (exact) mass is 277 g/mol. The number of thiophene rings is 1. The molecule has 0 saturated heterocycles. The summed E-state index contributed by atoms with van der Waals surface area (Å²) >= 11 is 1.64. The van der Waals surface area contributed by atoms with E-state index in [1.54, 1.807) is 24.5 Å². The van der Waals surface area contributed by atoms with Crippen molar-refractivity contribution in [1.82, 2.24) is 9.47 Å². The zero-order valence-electron chi connectivity index (χ0n) is 10.6. The van der Waals surface area contributed by atoms with E-state index in [4.69, 9.17) is 5.73 Å². The van der Waals surface area contributed by atoms with E-state index in [0.717, 1.165) is 0 Å². The molecule has 0 aromatic carbocycles. The second-order valence-electron chi connectivity index (χ2n) is 4.23. The third kappa shape index (κ3) is 3.23. The van der Waals surface area contributed by atoms with Crippen LogP contribution in [-0.2, 0) is 11.3 Å². The summed E-state index contributed by atoms with van der Waals surface area (Å²) in [6.45, 7) is 0.569. The van der Waals surface area contributed by atoms with Gasteiger partial charge in [-0.1, -0.05) is 6.07 Å². The van der Waals surface area contributed by atoms with Crippen LogP contribution in [0.15, 0.2) is 35.8 Å². The van der Waals surface area contributed by atoms with Crippen molar-refractivity contribution in [2.24, 2.45) is 5.73 Å². The summed E-state index contributed by atoms with van der Waals surface area (Å²) < 4.78 is 1.87. The van der Waals surface area contributed by atoms with Gasteiger partial charge in [-0.2, -0.15) is 0 Å². The van der Waals surface area contributed by atoms with E-state index >= 15 is 0 Å². The Morgan fingerprint density at radius 3 is 2.79 bits per heavy atom. The van der Waals surface area contributed by atoms with Gasteiger partial charge in [0.25, 0.3) is 5.91 Å². The van der Waals surface area contributed by atoms with E-state index < -0.39 is 5.91 Å². The maximum Gasteiger partial charge on any atom is 0.270 e. The van der Waals surface area contributed by atoms with Gasteiger partial charge in [0.05, 0.1) is 13.1 Å². The molecule has 2 aromatic heterocycles. The van der Waals surface area contributed by atoms with Gasteiger partial charge in [0.1, 0.15) is 5.69 Å². The Bertz CT molecular complexity index is 574. The molecule has 0 spiro atoms. The Morgan fingerprint density at radius 1 is 1.37 bits per heavy atom. The van der Waals surface area contributed by atoms with Gasteiger partial charge in [0, 0.05) is 18.1 Å². The fourth-order valence-electron chi connectivity index (χ4n) is 1.82. The number of nitrogens with two attached hydrogens (primary N) is 1. The molecule has 100 valence electrons. The molecule has 6 heteroatoms. The molecule has 0 unspecified atom stereocenters. The quantitative estimate of drug-likeness (QED) is 0.891. The number of hydrogen-bond acceptors (Lipinski definition) is 3. The van der Waals surface area contributed by atoms with Crippen molar-refractivity contribution in [3.05, 3.63) is 46.4 Å². The van der Waals surface area contributed by atoms with Crippen LogP contribution in [0.4, 0.5) is 0 Å². The lowest BCUT2D eigenvalue weighted by atomic mass is 10.3. The molecule has 5 nitrogen and oxygen atoms in total. The molecule has 0 aliphatic rings. The van der Waals surface area contributed by atoms with Crippen LogP contribution >= 0.6 is 11.3 Å². The van der Waals surface area contributed by atoms with Crippen LogP contribution in [0.3, 0.4) is 0 Å². The van der Waals surface area contributed by atoms with E-state index in [-0.39, 0.29) is 12.5 Å². The Labute approximate surface area is 115 Å². The van der Waals surface area contributed by atoms with E-state index in [0.29, 0.717) is 12.2 Å². The fourth-order valence-corrected chi connectivity index (χ4v) is 2.52. The van der Waals surface area contributed by atoms with Crippen molar-refractivity contribution in [2.45, 2.75) is 6.54 Å². The van der Waals surface area contributed by atoms with Gasteiger partial charge in [-0.15, -0.1) is 11.3 Å². The smallest absolute Gasteiger partial charge is 0.270 e. The summed E-state index contributed by atoms with van der Waals surface area (Å²) in [5.41, 5.74) is 5.65. The van der Waals surface area contributed by atoms with Crippen molar-refractivity contribution in [3.8, 4) is 0 Å². The molecule has 2 heterocycles. The molecule has 0 aliphatic heterocycles. The summed E-state index contributed by atoms with van der Waals surface area (Å²) in [7, 11) is 1.57. The SMILES string of the molecule is CN(CC(N)=O)C(=O)c1cccn1Cc1cccs1. The summed E-state index contributed by atoms with van der Waals surface area (Å²) in [4.78, 5) is 25.5. The fraction of sp³-hybridized carbons (Fsp3) is 0.231. The molecule has 0 bridgehead atoms. The first-order valence-corrected chi connectivity index (χ1v) is 6.67. The second-order valence-corrected chi connectivity index (χ2v) is 5.26. The standard InChI is InChI=1S/C13H15N3O2S/c1-15(9-12(14)17)13(18)11-5-2-6-16(11)8-10-4-3-7-19-10/h2-7H,8-9H2,1H3,(H2,14,17). The van der Waals surface area contributed by atoms with Crippen molar-refractivity contribution in [2.75, 3.05) is 13.6 Å². The molecule has 2 aromatic rings. The third-order valence-electron chi connectivity index (χ3n) is 2.69. The zero-order chi connectivity index (χ0) is 13.8. The maximum absolute atomic E-state index is 12.2. The van der Waals surface area contributed by atoms with Crippen molar-refractivity contribution in [1.29, 1.82) is 0 Å². The molecule has 2 N–H and O–H groups in total. The van der Waals surface area contributed by atoms with E-state index in [2.05, 4.69) is 0 Å². The average Bonchev–Trinajstić information content (AvgIpc) is 2.99. The van der Waals surface area contributed by atoms with Crippen LogP contribution in [0.1, 0.15) is 15.4 Å². The molecule has 0 saturated carbocycles. The number of aromatic nitrogens is 1. The molecular weight excluding hydrogens is 262 g/mol. The van der Waals surface area contributed by atoms with Gasteiger partial charge in [-0.05, 0) is 23.6 Å². The van der Waals surface area contributed by atoms with E-state index in [1.807, 2.05) is 34.3 Å². The lowest BCUT2D eigenvalue weighted by Crippen LogP contribution is -2.36. The van der Waals surface area contributed by atoms with Crippen molar-refractivity contribution in [3.63, 3.8) is 0 Å². The highest BCUT2D eigenvalue weighted by Crippen LogP contribution is 2.14. The minimum absolute atomic E-state index is 0.0803. The van der Waals surface area contributed by atoms with Crippen LogP contribution in [0.25, 0.3) is 0 Å². The molecule has 0 fully saturated rings. The van der Waals surface area contributed by atoms with Gasteiger partial charge in [-0.25, -0.2) is 0 Å². The maximum atomic E-state index is 12.2. The largest absolute Gasteiger partial charge is 0.368 e. The first-order chi connectivity index (χ1) is 9.08. The van der Waals surface area contributed by atoms with E-state index in [1.165, 1.54) is 9.78 Å². The molecular formula is C13H15N3O2S. The van der Waals surface area contributed by atoms with Crippen LogP contribution in [0, 0.1) is 0 Å². The van der Waals surface area contributed by atoms with Crippen LogP contribution in [-0.4, -0.2) is 34.9 Å². The number of hydrogen-bond donors (Lipinski definition) is 1. The highest BCUT2D eigenvalue weighted by Gasteiger charge is 2.17. The lowest BCUT2D eigenvalue weighted by molar-refractivity contribution is -0.118. The normalized spacial score (nSPS) is 10.4. The van der Waals surface area contributed by atoms with Gasteiger partial charge >= 0.3 is 0 Å². The zero-order valence-corrected chi connectivity index (χ0v) is 11.4. The number of primary amides is 1. The predicted molar refractivity (Wildman–Crippen MR) is 74.0 cm³/mol. The summed E-state index contributed by atoms with van der Waals surface area (Å²) in [5.74, 6) is -0.729. The third-order valence-corrected chi connectivity index (χ3v) is 3.56. The number of carbonyl (C=O) groups excluding carboxylic acids is 2. The topological polar surface area (TPSA) is 68.3 Å². The Morgan fingerprint density at radius 2 is 2.16 bits per heavy atom. The average molecular weight is 277 g/mol. The number of nitrogens with zero attached hydrogens (tertiary/aromatic N) is 2. The highest BCUT2D eigenvalue weighted by atomic mass is 32.1. The lowest BCUT2D eigenvalue weighted by Gasteiger charge is -2.16. The minimum Gasteiger partial charge on any atom is -0.368 e. The van der Waals surface area contributed by atoms with Crippen molar-refractivity contribution < 1.29 is 9.59 Å². The number of amides is 2. The Kier molecular flexibility index (Phi) is 4.01. The summed E-state index contributed by atoms with van der Waals surface area (Å²) in [6, 6.07) is 7.56. The Hall–Kier alpha value is -2.08. The van der Waals surface area contributed by atoms with Crippen LogP contribution < -0.4 is 5.73 Å².